The highest BCUT2D eigenvalue weighted by Gasteiger charge is 2.36. The second kappa shape index (κ2) is 13.4. The molecule has 1 fully saturated rings. The number of hydrogen-bond acceptors (Lipinski definition) is 7. The van der Waals surface area contributed by atoms with Crippen molar-refractivity contribution in [2.75, 3.05) is 11.1 Å². The molecule has 1 aliphatic rings. The molecule has 4 aromatic rings. The summed E-state index contributed by atoms with van der Waals surface area (Å²) in [4.78, 5) is 25.2. The Morgan fingerprint density at radius 1 is 1.17 bits per heavy atom. The van der Waals surface area contributed by atoms with Crippen LogP contribution in [0.15, 0.2) is 53.9 Å². The van der Waals surface area contributed by atoms with Gasteiger partial charge in [-0.15, -0.1) is 5.10 Å². The van der Waals surface area contributed by atoms with Crippen molar-refractivity contribution in [2.24, 2.45) is 0 Å². The van der Waals surface area contributed by atoms with Gasteiger partial charge in [0.1, 0.15) is 10.6 Å². The third-order valence-electron chi connectivity index (χ3n) is 6.76. The van der Waals surface area contributed by atoms with E-state index in [0.717, 1.165) is 34.8 Å². The average Bonchev–Trinajstić information content (AvgIpc) is 3.74. The van der Waals surface area contributed by atoms with Crippen LogP contribution < -0.4 is 15.4 Å². The van der Waals surface area contributed by atoms with Crippen molar-refractivity contribution in [3.63, 3.8) is 0 Å². The predicted octanol–water partition coefficient (Wildman–Crippen LogP) is 5.93. The van der Waals surface area contributed by atoms with Gasteiger partial charge in [-0.25, -0.2) is 4.39 Å². The summed E-state index contributed by atoms with van der Waals surface area (Å²) in [7, 11) is 0. The fourth-order valence-electron chi connectivity index (χ4n) is 4.32. The van der Waals surface area contributed by atoms with Gasteiger partial charge in [-0.05, 0) is 78.9 Å². The number of thioether (sulfide) groups is 1. The number of hydrogen-bond donors (Lipinski definition) is 2. The first-order chi connectivity index (χ1) is 22.1. The Hall–Kier alpha value is -4.39. The standard InChI is InChI=1S/C30H23Cl2F4N7O3S/c1-29(2,38-27(45)18-4-3-11-42(46)14-18)10-9-17-7-8-21(25(32)26(17)33)37-23(44)15-47-28-39-40-41-43(28)22-13-19(30(34,35)36)12-20(24(22)31)16-5-6-16/h3-4,7-8,11-14,16H,5-6,15H2,1-2H3,(H,37,44)(H,38,45). The third kappa shape index (κ3) is 8.13. The number of benzene rings is 2. The lowest BCUT2D eigenvalue weighted by molar-refractivity contribution is -0.605. The van der Waals surface area contributed by atoms with Crippen LogP contribution in [0.3, 0.4) is 0 Å². The van der Waals surface area contributed by atoms with Crippen LogP contribution in [-0.4, -0.2) is 43.3 Å². The van der Waals surface area contributed by atoms with E-state index in [0.29, 0.717) is 23.1 Å². The molecular weight excluding hydrogens is 685 g/mol. The number of rotatable bonds is 8. The number of alkyl halides is 3. The van der Waals surface area contributed by atoms with E-state index in [1.807, 2.05) is 0 Å². The Morgan fingerprint density at radius 3 is 2.60 bits per heavy atom. The number of tetrazole rings is 1. The minimum absolute atomic E-state index is 0.000198. The SMILES string of the molecule is CC(C)(C#Cc1ccc(NC(=O)CSc2nnnn2-c2cc(C(F)(F)F)cc(C3CC3)c2Cl)c(Cl)c1F)NC(=O)c1ccc[n+]([O-])c1. The van der Waals surface area contributed by atoms with Crippen LogP contribution >= 0.6 is 35.0 Å². The normalized spacial score (nSPS) is 13.1. The molecule has 2 aromatic carbocycles. The minimum atomic E-state index is -4.63. The number of halogens is 6. The van der Waals surface area contributed by atoms with Crippen molar-refractivity contribution in [2.45, 2.75) is 49.5 Å². The molecular formula is C30H23Cl2F4N7O3S. The molecule has 0 aliphatic heterocycles. The molecule has 0 saturated heterocycles. The zero-order chi connectivity index (χ0) is 34.1. The predicted molar refractivity (Wildman–Crippen MR) is 166 cm³/mol. The van der Waals surface area contributed by atoms with E-state index in [2.05, 4.69) is 38.0 Å². The number of carbonyl (C=O) groups is 2. The number of aromatic nitrogens is 5. The van der Waals surface area contributed by atoms with E-state index in [-0.39, 0.29) is 44.4 Å². The van der Waals surface area contributed by atoms with Crippen molar-refractivity contribution >= 4 is 52.5 Å². The average molecular weight is 709 g/mol. The van der Waals surface area contributed by atoms with Gasteiger partial charge < -0.3 is 15.8 Å². The van der Waals surface area contributed by atoms with E-state index in [1.54, 1.807) is 13.8 Å². The molecule has 0 radical (unpaired) electrons. The van der Waals surface area contributed by atoms with Crippen LogP contribution in [0.5, 0.6) is 0 Å². The molecule has 2 heterocycles. The quantitative estimate of drug-likeness (QED) is 0.0764. The summed E-state index contributed by atoms with van der Waals surface area (Å²) in [5, 5.41) is 27.4. The Balaban J connectivity index is 1.26. The van der Waals surface area contributed by atoms with Crippen molar-refractivity contribution in [1.82, 2.24) is 25.5 Å². The highest BCUT2D eigenvalue weighted by Crippen LogP contribution is 2.47. The monoisotopic (exact) mass is 707 g/mol. The van der Waals surface area contributed by atoms with Crippen molar-refractivity contribution in [3.8, 4) is 17.5 Å². The molecule has 2 amide bonds. The zero-order valence-corrected chi connectivity index (χ0v) is 26.8. The van der Waals surface area contributed by atoms with Gasteiger partial charge in [0.15, 0.2) is 18.2 Å². The molecule has 244 valence electrons. The Kier molecular flexibility index (Phi) is 9.67. The maximum absolute atomic E-state index is 15.1. The second-order valence-electron chi connectivity index (χ2n) is 11.0. The molecule has 5 rings (SSSR count). The highest BCUT2D eigenvalue weighted by molar-refractivity contribution is 7.99. The summed E-state index contributed by atoms with van der Waals surface area (Å²) in [6, 6.07) is 7.38. The first-order valence-corrected chi connectivity index (χ1v) is 15.5. The molecule has 2 aromatic heterocycles. The summed E-state index contributed by atoms with van der Waals surface area (Å²) in [6.07, 6.45) is -0.874. The molecule has 1 aliphatic carbocycles. The third-order valence-corrected chi connectivity index (χ3v) is 8.46. The maximum atomic E-state index is 15.1. The topological polar surface area (TPSA) is 129 Å². The summed E-state index contributed by atoms with van der Waals surface area (Å²) in [6.45, 7) is 3.17. The van der Waals surface area contributed by atoms with Gasteiger partial charge in [-0.1, -0.05) is 46.8 Å². The van der Waals surface area contributed by atoms with E-state index >= 15 is 4.39 Å². The van der Waals surface area contributed by atoms with Crippen molar-refractivity contribution < 1.29 is 31.9 Å². The number of nitrogens with zero attached hydrogens (tertiary/aromatic N) is 5. The van der Waals surface area contributed by atoms with Gasteiger partial charge in [0.05, 0.1) is 38.8 Å². The lowest BCUT2D eigenvalue weighted by atomic mass is 10.0. The van der Waals surface area contributed by atoms with E-state index in [9.17, 15) is 28.0 Å². The first-order valence-electron chi connectivity index (χ1n) is 13.8. The van der Waals surface area contributed by atoms with Crippen LogP contribution in [0.1, 0.15) is 59.7 Å². The lowest BCUT2D eigenvalue weighted by Gasteiger charge is -2.19. The fourth-order valence-corrected chi connectivity index (χ4v) is 5.56. The lowest BCUT2D eigenvalue weighted by Crippen LogP contribution is -2.43. The zero-order valence-electron chi connectivity index (χ0n) is 24.5. The molecule has 2 N–H and O–H groups in total. The van der Waals surface area contributed by atoms with Gasteiger partial charge in [-0.3, -0.25) is 9.59 Å². The highest BCUT2D eigenvalue weighted by atomic mass is 35.5. The summed E-state index contributed by atoms with van der Waals surface area (Å²) < 4.78 is 57.5. The molecule has 0 atom stereocenters. The molecule has 0 spiro atoms. The first kappa shape index (κ1) is 34.0. The van der Waals surface area contributed by atoms with Crippen molar-refractivity contribution in [3.05, 3.63) is 92.1 Å². The Morgan fingerprint density at radius 2 is 1.91 bits per heavy atom. The number of anilines is 1. The van der Waals surface area contributed by atoms with Crippen molar-refractivity contribution in [1.29, 1.82) is 0 Å². The van der Waals surface area contributed by atoms with Gasteiger partial charge in [-0.2, -0.15) is 22.6 Å². The van der Waals surface area contributed by atoms with Crippen LogP contribution in [-0.2, 0) is 11.0 Å². The number of amides is 2. The van der Waals surface area contributed by atoms with Crippen LogP contribution in [0.25, 0.3) is 5.69 Å². The minimum Gasteiger partial charge on any atom is -0.619 e. The Bertz CT molecular complexity index is 1940. The fraction of sp³-hybridized carbons (Fsp3) is 0.267. The molecule has 10 nitrogen and oxygen atoms in total. The van der Waals surface area contributed by atoms with Gasteiger partial charge >= 0.3 is 6.18 Å². The molecule has 0 bridgehead atoms. The summed E-state index contributed by atoms with van der Waals surface area (Å²) in [5.41, 5.74) is -1.80. The molecule has 1 saturated carbocycles. The Labute approximate surface area is 279 Å². The summed E-state index contributed by atoms with van der Waals surface area (Å²) >= 11 is 13.5. The largest absolute Gasteiger partial charge is 0.619 e. The summed E-state index contributed by atoms with van der Waals surface area (Å²) in [5.74, 6) is 2.86. The second-order valence-corrected chi connectivity index (χ2v) is 12.6. The van der Waals surface area contributed by atoms with Crippen LogP contribution in [0, 0.1) is 22.9 Å². The van der Waals surface area contributed by atoms with E-state index in [4.69, 9.17) is 23.2 Å². The molecule has 47 heavy (non-hydrogen) atoms. The van der Waals surface area contributed by atoms with Crippen LogP contribution in [0.2, 0.25) is 10.0 Å². The number of nitrogens with one attached hydrogen (secondary N) is 2. The van der Waals surface area contributed by atoms with E-state index < -0.39 is 39.9 Å². The van der Waals surface area contributed by atoms with E-state index in [1.165, 1.54) is 30.5 Å². The van der Waals surface area contributed by atoms with Gasteiger partial charge in [0, 0.05) is 6.07 Å². The van der Waals surface area contributed by atoms with Crippen LogP contribution in [0.4, 0.5) is 23.2 Å². The number of carbonyl (C=O) groups excluding carboxylic acids is 2. The number of pyridine rings is 1. The smallest absolute Gasteiger partial charge is 0.416 e. The van der Waals surface area contributed by atoms with Gasteiger partial charge in [0.2, 0.25) is 11.1 Å². The van der Waals surface area contributed by atoms with Gasteiger partial charge in [0.25, 0.3) is 5.91 Å². The molecule has 0 unspecified atom stereocenters. The maximum Gasteiger partial charge on any atom is 0.416 e. The molecule has 17 heteroatoms.